The Morgan fingerprint density at radius 2 is 2.11 bits per heavy atom. The van der Waals surface area contributed by atoms with E-state index in [4.69, 9.17) is 0 Å². The molecule has 0 spiro atoms. The second-order valence-corrected chi connectivity index (χ2v) is 5.66. The summed E-state index contributed by atoms with van der Waals surface area (Å²) in [6, 6.07) is 5.28. The first kappa shape index (κ1) is 12.7. The molecule has 0 fully saturated rings. The lowest BCUT2D eigenvalue weighted by Gasteiger charge is -2.08. The number of rotatable bonds is 4. The van der Waals surface area contributed by atoms with Crippen molar-refractivity contribution in [3.05, 3.63) is 35.2 Å². The summed E-state index contributed by atoms with van der Waals surface area (Å²) in [5.41, 5.74) is 1.58. The van der Waals surface area contributed by atoms with Gasteiger partial charge in [0.25, 0.3) is 0 Å². The fraction of sp³-hybridized carbons (Fsp3) is 0.300. The van der Waals surface area contributed by atoms with Crippen LogP contribution in [-0.4, -0.2) is 29.0 Å². The predicted molar refractivity (Wildman–Crippen MR) is 64.1 cm³/mol. The zero-order valence-electron chi connectivity index (χ0n) is 10.0. The fourth-order valence-electron chi connectivity index (χ4n) is 1.49. The van der Waals surface area contributed by atoms with Crippen LogP contribution in [0.3, 0.4) is 0 Å². The van der Waals surface area contributed by atoms with E-state index >= 15 is 0 Å². The molecule has 1 aromatic heterocycles. The average molecular weight is 267 g/mol. The third kappa shape index (κ3) is 2.71. The number of aromatic amines is 1. The lowest BCUT2D eigenvalue weighted by atomic mass is 10.2. The van der Waals surface area contributed by atoms with E-state index in [1.807, 2.05) is 13.0 Å². The molecular weight excluding hydrogens is 254 g/mol. The number of nitrogens with zero attached hydrogens (tertiary/aromatic N) is 3. The van der Waals surface area contributed by atoms with Gasteiger partial charge in [0.2, 0.25) is 10.0 Å². The molecule has 0 saturated carbocycles. The number of nitrogens with one attached hydrogen (secondary N) is 2. The van der Waals surface area contributed by atoms with Crippen molar-refractivity contribution >= 4 is 10.0 Å². The van der Waals surface area contributed by atoms with E-state index in [2.05, 4.69) is 25.3 Å². The molecule has 8 heteroatoms. The topological polar surface area (TPSA) is 101 Å². The van der Waals surface area contributed by atoms with Crippen LogP contribution in [0, 0.1) is 13.8 Å². The highest BCUT2D eigenvalue weighted by atomic mass is 32.2. The summed E-state index contributed by atoms with van der Waals surface area (Å²) in [5, 5.41) is 13.0. The number of hydrogen-bond acceptors (Lipinski definition) is 5. The van der Waals surface area contributed by atoms with Gasteiger partial charge in [-0.25, -0.2) is 13.1 Å². The molecule has 0 bridgehead atoms. The largest absolute Gasteiger partial charge is 0.241 e. The van der Waals surface area contributed by atoms with Crippen LogP contribution >= 0.6 is 0 Å². The molecular formula is C10H13N5O2S. The highest BCUT2D eigenvalue weighted by Gasteiger charge is 2.17. The van der Waals surface area contributed by atoms with Gasteiger partial charge in [-0.15, -0.1) is 10.2 Å². The summed E-state index contributed by atoms with van der Waals surface area (Å²) in [6.45, 7) is 3.60. The Kier molecular flexibility index (Phi) is 3.39. The average Bonchev–Trinajstić information content (AvgIpc) is 2.83. The summed E-state index contributed by atoms with van der Waals surface area (Å²) < 4.78 is 26.6. The molecule has 7 nitrogen and oxygen atoms in total. The molecule has 0 atom stereocenters. The molecule has 96 valence electrons. The Morgan fingerprint density at radius 3 is 2.78 bits per heavy atom. The number of sulfonamides is 1. The molecule has 0 aliphatic heterocycles. The van der Waals surface area contributed by atoms with Crippen molar-refractivity contribution in [3.63, 3.8) is 0 Å². The maximum Gasteiger partial charge on any atom is 0.241 e. The van der Waals surface area contributed by atoms with Crippen LogP contribution in [-0.2, 0) is 16.6 Å². The minimum Gasteiger partial charge on any atom is -0.207 e. The van der Waals surface area contributed by atoms with E-state index in [9.17, 15) is 8.42 Å². The monoisotopic (exact) mass is 267 g/mol. The fourth-order valence-corrected chi connectivity index (χ4v) is 2.80. The summed E-state index contributed by atoms with van der Waals surface area (Å²) in [6.07, 6.45) is 0. The van der Waals surface area contributed by atoms with Gasteiger partial charge in [0, 0.05) is 0 Å². The summed E-state index contributed by atoms with van der Waals surface area (Å²) >= 11 is 0. The molecule has 0 amide bonds. The molecule has 0 radical (unpaired) electrons. The van der Waals surface area contributed by atoms with Gasteiger partial charge >= 0.3 is 0 Å². The maximum atomic E-state index is 12.1. The van der Waals surface area contributed by atoms with Crippen LogP contribution in [0.1, 0.15) is 17.0 Å². The van der Waals surface area contributed by atoms with Gasteiger partial charge in [-0.3, -0.25) is 0 Å². The van der Waals surface area contributed by atoms with Gasteiger partial charge < -0.3 is 0 Å². The van der Waals surface area contributed by atoms with Crippen LogP contribution < -0.4 is 4.72 Å². The molecule has 0 unspecified atom stereocenters. The zero-order chi connectivity index (χ0) is 13.2. The maximum absolute atomic E-state index is 12.1. The predicted octanol–water partition coefficient (Wildman–Crippen LogP) is 0.295. The van der Waals surface area contributed by atoms with Gasteiger partial charge in [0.1, 0.15) is 0 Å². The van der Waals surface area contributed by atoms with Crippen molar-refractivity contribution in [1.29, 1.82) is 0 Å². The number of tetrazole rings is 1. The Labute approximate surface area is 105 Å². The Hall–Kier alpha value is -1.80. The first-order chi connectivity index (χ1) is 8.49. The van der Waals surface area contributed by atoms with Crippen molar-refractivity contribution in [2.45, 2.75) is 25.3 Å². The molecule has 0 aliphatic rings. The van der Waals surface area contributed by atoms with E-state index in [1.165, 1.54) is 0 Å². The number of aryl methyl sites for hydroxylation is 2. The van der Waals surface area contributed by atoms with Crippen LogP contribution in [0.15, 0.2) is 23.1 Å². The van der Waals surface area contributed by atoms with Crippen molar-refractivity contribution in [3.8, 4) is 0 Å². The lowest BCUT2D eigenvalue weighted by Crippen LogP contribution is -2.24. The molecule has 0 aliphatic carbocycles. The number of H-pyrrole nitrogens is 1. The van der Waals surface area contributed by atoms with E-state index in [1.54, 1.807) is 19.1 Å². The smallest absolute Gasteiger partial charge is 0.207 e. The van der Waals surface area contributed by atoms with E-state index in [-0.39, 0.29) is 11.4 Å². The van der Waals surface area contributed by atoms with Crippen LogP contribution in [0.2, 0.25) is 0 Å². The summed E-state index contributed by atoms with van der Waals surface area (Å²) in [5.74, 6) is 0.295. The molecule has 1 aromatic carbocycles. The second-order valence-electron chi connectivity index (χ2n) is 3.92. The van der Waals surface area contributed by atoms with Gasteiger partial charge in [-0.05, 0) is 31.0 Å². The zero-order valence-corrected chi connectivity index (χ0v) is 10.8. The first-order valence-corrected chi connectivity index (χ1v) is 6.76. The van der Waals surface area contributed by atoms with Crippen molar-refractivity contribution in [2.75, 3.05) is 0 Å². The minimum atomic E-state index is -3.56. The van der Waals surface area contributed by atoms with Gasteiger partial charge in [-0.1, -0.05) is 17.3 Å². The van der Waals surface area contributed by atoms with Crippen molar-refractivity contribution in [2.24, 2.45) is 0 Å². The van der Waals surface area contributed by atoms with E-state index in [0.717, 1.165) is 5.56 Å². The van der Waals surface area contributed by atoms with Gasteiger partial charge in [0.05, 0.1) is 11.4 Å². The van der Waals surface area contributed by atoms with E-state index < -0.39 is 10.0 Å². The van der Waals surface area contributed by atoms with Gasteiger partial charge in [-0.2, -0.15) is 5.21 Å². The molecule has 2 N–H and O–H groups in total. The second kappa shape index (κ2) is 4.83. The van der Waals surface area contributed by atoms with Crippen LogP contribution in [0.5, 0.6) is 0 Å². The highest BCUT2D eigenvalue weighted by molar-refractivity contribution is 7.89. The third-order valence-electron chi connectivity index (χ3n) is 2.44. The number of benzene rings is 1. The third-order valence-corrected chi connectivity index (χ3v) is 3.99. The Bertz CT molecular complexity index is 636. The molecule has 2 aromatic rings. The standard InChI is InChI=1S/C10H13N5O2S/c1-7-3-4-8(2)9(5-7)18(16,17)11-6-10-12-14-15-13-10/h3-5,11H,6H2,1-2H3,(H,12,13,14,15). The van der Waals surface area contributed by atoms with Crippen LogP contribution in [0.4, 0.5) is 0 Å². The molecule has 1 heterocycles. The summed E-state index contributed by atoms with van der Waals surface area (Å²) in [7, 11) is -3.56. The molecule has 0 saturated heterocycles. The molecule has 2 rings (SSSR count). The molecule has 18 heavy (non-hydrogen) atoms. The Morgan fingerprint density at radius 1 is 1.33 bits per heavy atom. The van der Waals surface area contributed by atoms with Crippen molar-refractivity contribution in [1.82, 2.24) is 25.3 Å². The van der Waals surface area contributed by atoms with Crippen LogP contribution in [0.25, 0.3) is 0 Å². The van der Waals surface area contributed by atoms with E-state index in [0.29, 0.717) is 11.4 Å². The Balaban J connectivity index is 2.22. The first-order valence-electron chi connectivity index (χ1n) is 5.28. The number of hydrogen-bond donors (Lipinski definition) is 2. The minimum absolute atomic E-state index is 0.00617. The quantitative estimate of drug-likeness (QED) is 0.829. The lowest BCUT2D eigenvalue weighted by molar-refractivity contribution is 0.578. The SMILES string of the molecule is Cc1ccc(C)c(S(=O)(=O)NCc2nn[nH]n2)c1. The number of aromatic nitrogens is 4. The highest BCUT2D eigenvalue weighted by Crippen LogP contribution is 2.16. The van der Waals surface area contributed by atoms with Crippen molar-refractivity contribution < 1.29 is 8.42 Å². The summed E-state index contributed by atoms with van der Waals surface area (Å²) in [4.78, 5) is 0.269. The normalized spacial score (nSPS) is 11.7. The van der Waals surface area contributed by atoms with Gasteiger partial charge in [0.15, 0.2) is 5.82 Å².